The number of benzene rings is 2. The molecule has 34 heavy (non-hydrogen) atoms. The van der Waals surface area contributed by atoms with Crippen LogP contribution < -0.4 is 16.1 Å². The minimum atomic E-state index is -0.848. The Hall–Kier alpha value is -3.75. The minimum absolute atomic E-state index is 0.00687. The van der Waals surface area contributed by atoms with E-state index >= 15 is 0 Å². The molecule has 0 saturated carbocycles. The Morgan fingerprint density at radius 2 is 1.85 bits per heavy atom. The molecule has 178 valence electrons. The first-order valence-electron chi connectivity index (χ1n) is 11.4. The van der Waals surface area contributed by atoms with Gasteiger partial charge in [0.15, 0.2) is 0 Å². The van der Waals surface area contributed by atoms with Crippen molar-refractivity contribution in [2.75, 3.05) is 16.9 Å². The number of anilines is 2. The number of piperidine rings is 1. The molecule has 8 nitrogen and oxygen atoms in total. The number of nitrogens with one attached hydrogen (secondary N) is 1. The van der Waals surface area contributed by atoms with Crippen LogP contribution in [0, 0.1) is 12.7 Å². The van der Waals surface area contributed by atoms with Gasteiger partial charge in [0.1, 0.15) is 17.6 Å². The zero-order valence-electron chi connectivity index (χ0n) is 19.3. The van der Waals surface area contributed by atoms with Gasteiger partial charge in [-0.1, -0.05) is 0 Å². The van der Waals surface area contributed by atoms with Crippen LogP contribution in [-0.4, -0.2) is 47.0 Å². The number of hydrazone groups is 1. The summed E-state index contributed by atoms with van der Waals surface area (Å²) in [6.45, 7) is 4.64. The third-order valence-corrected chi connectivity index (χ3v) is 6.38. The highest BCUT2D eigenvalue weighted by atomic mass is 19.1. The van der Waals surface area contributed by atoms with E-state index in [-0.39, 0.29) is 24.1 Å². The van der Waals surface area contributed by atoms with Crippen LogP contribution in [0.4, 0.5) is 15.8 Å². The topological polar surface area (TPSA) is 108 Å². The molecule has 2 atom stereocenters. The van der Waals surface area contributed by atoms with Crippen LogP contribution in [0.5, 0.6) is 0 Å². The van der Waals surface area contributed by atoms with Crippen molar-refractivity contribution in [2.24, 2.45) is 10.8 Å². The molecule has 0 bridgehead atoms. The van der Waals surface area contributed by atoms with E-state index in [0.717, 1.165) is 31.4 Å². The van der Waals surface area contributed by atoms with Crippen LogP contribution in [-0.2, 0) is 9.59 Å². The van der Waals surface area contributed by atoms with E-state index in [4.69, 9.17) is 5.73 Å². The summed E-state index contributed by atoms with van der Waals surface area (Å²) in [4.78, 5) is 39.7. The Labute approximate surface area is 197 Å². The van der Waals surface area contributed by atoms with Gasteiger partial charge in [0.05, 0.1) is 5.69 Å². The number of likely N-dealkylation sites (tertiary alicyclic amines) is 1. The van der Waals surface area contributed by atoms with Gasteiger partial charge < -0.3 is 16.0 Å². The second kappa shape index (κ2) is 9.62. The van der Waals surface area contributed by atoms with Crippen molar-refractivity contribution in [3.8, 4) is 0 Å². The lowest BCUT2D eigenvalue weighted by atomic mass is 10.0. The number of nitrogens with two attached hydrogens (primary N) is 1. The summed E-state index contributed by atoms with van der Waals surface area (Å²) < 4.78 is 13.3. The van der Waals surface area contributed by atoms with Gasteiger partial charge in [-0.05, 0) is 81.1 Å². The molecular formula is C25H28FN5O3. The molecule has 0 aromatic heterocycles. The number of carbonyl (C=O) groups excluding carboxylic acids is 3. The Morgan fingerprint density at radius 1 is 1.12 bits per heavy atom. The third-order valence-electron chi connectivity index (χ3n) is 6.38. The Kier molecular flexibility index (Phi) is 6.63. The number of rotatable bonds is 5. The van der Waals surface area contributed by atoms with Gasteiger partial charge >= 0.3 is 0 Å². The van der Waals surface area contributed by atoms with Gasteiger partial charge in [-0.25, -0.2) is 4.39 Å². The van der Waals surface area contributed by atoms with Gasteiger partial charge in [-0.3, -0.25) is 19.4 Å². The van der Waals surface area contributed by atoms with Gasteiger partial charge in [-0.15, -0.1) is 0 Å². The van der Waals surface area contributed by atoms with Crippen molar-refractivity contribution < 1.29 is 18.8 Å². The largest absolute Gasteiger partial charge is 0.368 e. The van der Waals surface area contributed by atoms with Crippen molar-refractivity contribution in [1.29, 1.82) is 0 Å². The lowest BCUT2D eigenvalue weighted by Crippen LogP contribution is -2.42. The molecular weight excluding hydrogens is 437 g/mol. The zero-order valence-corrected chi connectivity index (χ0v) is 19.3. The number of halogens is 1. The van der Waals surface area contributed by atoms with Crippen LogP contribution in [0.25, 0.3) is 0 Å². The predicted octanol–water partition coefficient (Wildman–Crippen LogP) is 3.21. The number of nitrogens with zero attached hydrogens (tertiary/aromatic N) is 3. The minimum Gasteiger partial charge on any atom is -0.368 e. The molecule has 3 N–H and O–H groups in total. The van der Waals surface area contributed by atoms with Crippen LogP contribution in [0.1, 0.15) is 48.5 Å². The lowest BCUT2D eigenvalue weighted by molar-refractivity contribution is -0.119. The molecule has 0 spiro atoms. The maximum absolute atomic E-state index is 13.3. The molecule has 1 saturated heterocycles. The average Bonchev–Trinajstić information content (AvgIpc) is 3.27. The van der Waals surface area contributed by atoms with Crippen molar-refractivity contribution >= 4 is 34.8 Å². The van der Waals surface area contributed by atoms with Gasteiger partial charge in [0, 0.05) is 30.3 Å². The summed E-state index contributed by atoms with van der Waals surface area (Å²) in [6.07, 6.45) is 3.17. The summed E-state index contributed by atoms with van der Waals surface area (Å²) >= 11 is 0. The van der Waals surface area contributed by atoms with Gasteiger partial charge in [0.2, 0.25) is 5.91 Å². The van der Waals surface area contributed by atoms with E-state index in [1.165, 1.54) is 29.3 Å². The highest BCUT2D eigenvalue weighted by molar-refractivity contribution is 6.44. The van der Waals surface area contributed by atoms with Crippen molar-refractivity contribution in [2.45, 2.75) is 51.6 Å². The molecule has 2 heterocycles. The number of carbonyl (C=O) groups is 3. The summed E-state index contributed by atoms with van der Waals surface area (Å²) in [7, 11) is 0. The summed E-state index contributed by atoms with van der Waals surface area (Å²) in [6, 6.07) is 9.98. The standard InChI is InChI=1S/C25H28FN5O3/c1-15-13-17(25(34)30-12-4-3-5-16(30)2)6-11-20(15)28-24(33)21-14-22(23(27)32)31(29-21)19-9-7-18(26)8-10-19/h6-11,13,16,22H,3-5,12,14H2,1-2H3,(H2,27,32)(H,28,33). The maximum atomic E-state index is 13.3. The van der Waals surface area contributed by atoms with Crippen LogP contribution in [0.2, 0.25) is 0 Å². The molecule has 9 heteroatoms. The Morgan fingerprint density at radius 3 is 2.50 bits per heavy atom. The molecule has 2 aromatic carbocycles. The first kappa shape index (κ1) is 23.4. The molecule has 2 aliphatic rings. The number of amides is 3. The number of primary amides is 1. The zero-order chi connectivity index (χ0) is 24.4. The molecule has 2 aromatic rings. The van der Waals surface area contributed by atoms with E-state index in [1.807, 2.05) is 11.8 Å². The summed E-state index contributed by atoms with van der Waals surface area (Å²) in [5.41, 5.74) is 7.98. The summed E-state index contributed by atoms with van der Waals surface area (Å²) in [5.74, 6) is -1.54. The van der Waals surface area contributed by atoms with E-state index in [1.54, 1.807) is 18.2 Å². The Balaban J connectivity index is 1.49. The second-order valence-corrected chi connectivity index (χ2v) is 8.82. The van der Waals surface area contributed by atoms with Crippen LogP contribution in [0.3, 0.4) is 0 Å². The monoisotopic (exact) mass is 465 g/mol. The van der Waals surface area contributed by atoms with E-state index in [2.05, 4.69) is 17.3 Å². The lowest BCUT2D eigenvalue weighted by Gasteiger charge is -2.33. The predicted molar refractivity (Wildman–Crippen MR) is 128 cm³/mol. The first-order chi connectivity index (χ1) is 16.2. The highest BCUT2D eigenvalue weighted by Gasteiger charge is 2.35. The fourth-order valence-electron chi connectivity index (χ4n) is 4.40. The first-order valence-corrected chi connectivity index (χ1v) is 11.4. The van der Waals surface area contributed by atoms with Crippen molar-refractivity contribution in [3.05, 3.63) is 59.4 Å². The highest BCUT2D eigenvalue weighted by Crippen LogP contribution is 2.26. The fraction of sp³-hybridized carbons (Fsp3) is 0.360. The SMILES string of the molecule is Cc1cc(C(=O)N2CCCCC2C)ccc1NC(=O)C1=NN(c2ccc(F)cc2)C(C(N)=O)C1. The summed E-state index contributed by atoms with van der Waals surface area (Å²) in [5, 5.41) is 8.44. The van der Waals surface area contributed by atoms with Gasteiger partial charge in [-0.2, -0.15) is 5.10 Å². The van der Waals surface area contributed by atoms with Crippen molar-refractivity contribution in [3.63, 3.8) is 0 Å². The van der Waals surface area contributed by atoms with Crippen molar-refractivity contribution in [1.82, 2.24) is 4.90 Å². The van der Waals surface area contributed by atoms with Gasteiger partial charge in [0.25, 0.3) is 11.8 Å². The fourth-order valence-corrected chi connectivity index (χ4v) is 4.40. The molecule has 3 amide bonds. The quantitative estimate of drug-likeness (QED) is 0.707. The molecule has 1 fully saturated rings. The van der Waals surface area contributed by atoms with E-state index < -0.39 is 23.7 Å². The number of hydrogen-bond donors (Lipinski definition) is 2. The van der Waals surface area contributed by atoms with Crippen LogP contribution >= 0.6 is 0 Å². The molecule has 0 radical (unpaired) electrons. The molecule has 0 aliphatic carbocycles. The normalized spacial score (nSPS) is 20.1. The number of aryl methyl sites for hydroxylation is 1. The van der Waals surface area contributed by atoms with E-state index in [9.17, 15) is 18.8 Å². The maximum Gasteiger partial charge on any atom is 0.271 e. The molecule has 4 rings (SSSR count). The average molecular weight is 466 g/mol. The molecule has 2 aliphatic heterocycles. The second-order valence-electron chi connectivity index (χ2n) is 8.82. The van der Waals surface area contributed by atoms with Crippen LogP contribution in [0.15, 0.2) is 47.6 Å². The smallest absolute Gasteiger partial charge is 0.271 e. The molecule has 2 unspecified atom stereocenters. The Bertz CT molecular complexity index is 1150. The van der Waals surface area contributed by atoms with E-state index in [0.29, 0.717) is 16.9 Å². The number of hydrogen-bond acceptors (Lipinski definition) is 5. The third kappa shape index (κ3) is 4.78.